The summed E-state index contributed by atoms with van der Waals surface area (Å²) in [7, 11) is 2.61. The van der Waals surface area contributed by atoms with Gasteiger partial charge in [-0.05, 0) is 132 Å². The molecule has 67 heavy (non-hydrogen) atoms. The smallest absolute Gasteiger partial charge is 0.407 e. The fourth-order valence-corrected chi connectivity index (χ4v) is 11.4. The lowest BCUT2D eigenvalue weighted by Crippen LogP contribution is -2.55. The van der Waals surface area contributed by atoms with E-state index >= 15 is 4.39 Å². The van der Waals surface area contributed by atoms with E-state index in [1.165, 1.54) is 20.3 Å². The number of likely N-dealkylation sites (tertiary alicyclic amines) is 2. The fraction of sp³-hybridized carbons (Fsp3) is 0.560. The van der Waals surface area contributed by atoms with Crippen LogP contribution in [-0.4, -0.2) is 117 Å². The number of carbonyl (C=O) groups is 4. The van der Waals surface area contributed by atoms with Crippen LogP contribution in [-0.2, 0) is 28.5 Å². The van der Waals surface area contributed by atoms with Gasteiger partial charge in [-0.15, -0.1) is 0 Å². The lowest BCUT2D eigenvalue weighted by Gasteiger charge is -2.38. The normalized spacial score (nSPS) is 26.8. The van der Waals surface area contributed by atoms with Crippen molar-refractivity contribution in [2.45, 2.75) is 138 Å². The monoisotopic (exact) mass is 920 g/mol. The lowest BCUT2D eigenvalue weighted by molar-refractivity contribution is -0.140. The minimum Gasteiger partial charge on any atom is -0.453 e. The van der Waals surface area contributed by atoms with Gasteiger partial charge >= 0.3 is 12.2 Å². The Bertz CT molecular complexity index is 2500. The Labute approximate surface area is 389 Å². The first-order valence-corrected chi connectivity index (χ1v) is 24.0. The standard InChI is InChI=1S/C50H61FN8O8/c1-28-5-13-39(58(28)45(60)41(56-47(62)64-3)33-15-21-66-49(24-33)17-18-49)43-52-26-37(54-43)31-9-7-30(8-10-31)32-11-12-35(36(51)23-32)38-27-53-44(55-38)40-14-6-29(2)59(40)46(61)42(57-48(63)65-4)34-16-22-67-50(25-34)19-20-50/h7-12,23,26-29,33-34,39-42H,5-6,13-22,24-25H2,1-4H3,(H,52,54)(H,53,55)(H,56,62)(H,57,63)/t28-,29-,33-,34-,39-,40-,41-,42-/m0/s1. The summed E-state index contributed by atoms with van der Waals surface area (Å²) in [6.45, 7) is 5.16. The van der Waals surface area contributed by atoms with E-state index in [4.69, 9.17) is 23.9 Å². The summed E-state index contributed by atoms with van der Waals surface area (Å²) >= 11 is 0. The van der Waals surface area contributed by atoms with Gasteiger partial charge in [-0.1, -0.05) is 30.3 Å². The van der Waals surface area contributed by atoms with E-state index in [-0.39, 0.29) is 59.0 Å². The van der Waals surface area contributed by atoms with Crippen LogP contribution in [0.3, 0.4) is 0 Å². The highest BCUT2D eigenvalue weighted by Crippen LogP contribution is 2.51. The quantitative estimate of drug-likeness (QED) is 0.116. The first-order valence-electron chi connectivity index (χ1n) is 24.0. The summed E-state index contributed by atoms with van der Waals surface area (Å²) in [6.07, 6.45) is 11.7. The third-order valence-electron chi connectivity index (χ3n) is 15.5. The molecule has 16 nitrogen and oxygen atoms in total. The molecule has 2 aliphatic carbocycles. The summed E-state index contributed by atoms with van der Waals surface area (Å²) in [4.78, 5) is 73.9. The number of imidazole rings is 2. The Morgan fingerprint density at radius 1 is 0.672 bits per heavy atom. The predicted molar refractivity (Wildman–Crippen MR) is 244 cm³/mol. The second kappa shape index (κ2) is 18.0. The van der Waals surface area contributed by atoms with Crippen LogP contribution in [0.4, 0.5) is 14.0 Å². The minimum absolute atomic E-state index is 0.0466. The Hall–Kier alpha value is -5.81. The number of ether oxygens (including phenoxy) is 4. The number of rotatable bonds is 11. The zero-order valence-electron chi connectivity index (χ0n) is 38.6. The molecule has 8 atom stereocenters. The third-order valence-corrected chi connectivity index (χ3v) is 15.5. The lowest BCUT2D eigenvalue weighted by atomic mass is 9.86. The average molecular weight is 921 g/mol. The predicted octanol–water partition coefficient (Wildman–Crippen LogP) is 7.74. The van der Waals surface area contributed by atoms with Crippen molar-refractivity contribution in [2.24, 2.45) is 11.8 Å². The van der Waals surface area contributed by atoms with Crippen molar-refractivity contribution in [3.63, 3.8) is 0 Å². The molecule has 4 saturated heterocycles. The van der Waals surface area contributed by atoms with Crippen LogP contribution in [0.2, 0.25) is 0 Å². The number of halogens is 1. The van der Waals surface area contributed by atoms with Crippen LogP contribution >= 0.6 is 0 Å². The molecule has 2 spiro atoms. The van der Waals surface area contributed by atoms with Gasteiger partial charge < -0.3 is 49.3 Å². The van der Waals surface area contributed by atoms with Crippen molar-refractivity contribution in [3.05, 3.63) is 72.3 Å². The number of H-pyrrole nitrogens is 2. The number of aromatic amines is 2. The van der Waals surface area contributed by atoms with Crippen LogP contribution in [0.5, 0.6) is 0 Å². The number of amides is 4. The van der Waals surface area contributed by atoms with E-state index in [9.17, 15) is 19.2 Å². The number of hydrogen-bond donors (Lipinski definition) is 4. The molecule has 0 radical (unpaired) electrons. The summed E-state index contributed by atoms with van der Waals surface area (Å²) in [6, 6.07) is 10.6. The van der Waals surface area contributed by atoms with Gasteiger partial charge in [-0.25, -0.2) is 23.9 Å². The maximum atomic E-state index is 16.0. The van der Waals surface area contributed by atoms with Crippen LogP contribution in [0.15, 0.2) is 54.9 Å². The Morgan fingerprint density at radius 3 is 1.61 bits per heavy atom. The summed E-state index contributed by atoms with van der Waals surface area (Å²) in [5.41, 5.74) is 3.70. The molecule has 0 bridgehead atoms. The van der Waals surface area contributed by atoms with Gasteiger partial charge in [0.2, 0.25) is 11.8 Å². The molecule has 17 heteroatoms. The molecule has 6 heterocycles. The van der Waals surface area contributed by atoms with Crippen molar-refractivity contribution in [1.82, 2.24) is 40.4 Å². The van der Waals surface area contributed by atoms with Crippen molar-refractivity contribution < 1.29 is 42.5 Å². The van der Waals surface area contributed by atoms with Crippen molar-refractivity contribution in [1.29, 1.82) is 0 Å². The zero-order chi connectivity index (χ0) is 46.6. The number of carbonyl (C=O) groups excluding carboxylic acids is 4. The maximum Gasteiger partial charge on any atom is 0.407 e. The Balaban J connectivity index is 0.816. The average Bonchev–Trinajstić information content (AvgIpc) is 3.87. The number of hydrogen-bond acceptors (Lipinski definition) is 10. The molecule has 6 fully saturated rings. The van der Waals surface area contributed by atoms with Gasteiger partial charge in [0.1, 0.15) is 29.5 Å². The first-order chi connectivity index (χ1) is 32.4. The molecule has 4 N–H and O–H groups in total. The largest absolute Gasteiger partial charge is 0.453 e. The molecule has 2 saturated carbocycles. The Morgan fingerprint density at radius 2 is 1.13 bits per heavy atom. The first kappa shape index (κ1) is 45.0. The van der Waals surface area contributed by atoms with Gasteiger partial charge in [0, 0.05) is 30.9 Å². The number of alkyl carbamates (subject to hydrolysis) is 2. The van der Waals surface area contributed by atoms with E-state index in [0.29, 0.717) is 67.4 Å². The molecular weight excluding hydrogens is 860 g/mol. The topological polar surface area (TPSA) is 193 Å². The molecule has 4 amide bonds. The molecule has 4 aliphatic heterocycles. The highest BCUT2D eigenvalue weighted by atomic mass is 19.1. The molecule has 6 aliphatic rings. The number of benzene rings is 2. The van der Waals surface area contributed by atoms with E-state index in [0.717, 1.165) is 68.2 Å². The molecule has 2 aromatic carbocycles. The van der Waals surface area contributed by atoms with Gasteiger partial charge in [0.25, 0.3) is 0 Å². The second-order valence-corrected chi connectivity index (χ2v) is 19.8. The molecule has 356 valence electrons. The Kier molecular flexibility index (Phi) is 12.1. The van der Waals surface area contributed by atoms with Crippen molar-refractivity contribution in [3.8, 4) is 33.6 Å². The number of nitrogens with zero attached hydrogens (tertiary/aromatic N) is 4. The number of methoxy groups -OCH3 is 2. The molecular formula is C50H61FN8O8. The van der Waals surface area contributed by atoms with Crippen molar-refractivity contribution >= 4 is 24.0 Å². The van der Waals surface area contributed by atoms with Gasteiger partial charge in [-0.3, -0.25) is 9.59 Å². The van der Waals surface area contributed by atoms with E-state index in [1.54, 1.807) is 18.5 Å². The van der Waals surface area contributed by atoms with Crippen LogP contribution in [0.25, 0.3) is 33.6 Å². The number of nitrogens with one attached hydrogen (secondary N) is 4. The van der Waals surface area contributed by atoms with Gasteiger partial charge in [0.15, 0.2) is 0 Å². The summed E-state index contributed by atoms with van der Waals surface area (Å²) < 4.78 is 38.0. The third kappa shape index (κ3) is 8.92. The minimum atomic E-state index is -0.763. The fourth-order valence-electron chi connectivity index (χ4n) is 11.4. The second-order valence-electron chi connectivity index (χ2n) is 19.8. The van der Waals surface area contributed by atoms with Crippen LogP contribution in [0.1, 0.15) is 115 Å². The SMILES string of the molecule is COC(=O)N[C@H](C(=O)N1[C@@H](C)CC[C@H]1c1ncc(-c2ccc(-c3ccc(-c4cnc([C@@H]5CC[C@H](C)N5C(=O)[C@@H](NC(=O)OC)[C@H]5CCOC6(CC6)C5)[nH]4)c(F)c3)cc2)[nH]1)[C@H]1CCOC2(CC2)C1. The van der Waals surface area contributed by atoms with E-state index in [2.05, 4.69) is 25.6 Å². The molecule has 2 aromatic heterocycles. The zero-order valence-corrected chi connectivity index (χ0v) is 38.6. The molecule has 4 aromatic rings. The highest BCUT2D eigenvalue weighted by Gasteiger charge is 2.53. The summed E-state index contributed by atoms with van der Waals surface area (Å²) in [5, 5.41) is 5.74. The van der Waals surface area contributed by atoms with Crippen LogP contribution < -0.4 is 10.6 Å². The summed E-state index contributed by atoms with van der Waals surface area (Å²) in [5.74, 6) is 0.384. The molecule has 0 unspecified atom stereocenters. The van der Waals surface area contributed by atoms with Gasteiger partial charge in [0.05, 0.1) is 61.3 Å². The van der Waals surface area contributed by atoms with Crippen molar-refractivity contribution in [2.75, 3.05) is 27.4 Å². The maximum absolute atomic E-state index is 16.0. The number of aromatic nitrogens is 4. The van der Waals surface area contributed by atoms with E-state index in [1.807, 2.05) is 54.0 Å². The highest BCUT2D eigenvalue weighted by molar-refractivity contribution is 5.88. The van der Waals surface area contributed by atoms with E-state index < -0.39 is 30.1 Å². The van der Waals surface area contributed by atoms with Crippen LogP contribution in [0, 0.1) is 17.7 Å². The van der Waals surface area contributed by atoms with Gasteiger partial charge in [-0.2, -0.15) is 0 Å². The molecule has 10 rings (SSSR count).